The largest absolute Gasteiger partial charge is 0.481 e. The molecule has 1 atom stereocenters. The number of carbonyl (C=O) groups is 2. The van der Waals surface area contributed by atoms with Gasteiger partial charge >= 0.3 is 5.97 Å². The van der Waals surface area contributed by atoms with Gasteiger partial charge in [0.2, 0.25) is 5.91 Å². The highest BCUT2D eigenvalue weighted by molar-refractivity contribution is 5.99. The molecule has 90 valence electrons. The highest BCUT2D eigenvalue weighted by atomic mass is 19.1. The smallest absolute Gasteiger partial charge is 0.308 e. The number of aryl methyl sites for hydroxylation is 1. The van der Waals surface area contributed by atoms with E-state index in [4.69, 9.17) is 5.11 Å². The Morgan fingerprint density at radius 2 is 2.24 bits per heavy atom. The van der Waals surface area contributed by atoms with Crippen LogP contribution in [-0.4, -0.2) is 23.5 Å². The second kappa shape index (κ2) is 4.16. The van der Waals surface area contributed by atoms with Gasteiger partial charge in [0.05, 0.1) is 5.92 Å². The van der Waals surface area contributed by atoms with E-state index in [9.17, 15) is 14.0 Å². The summed E-state index contributed by atoms with van der Waals surface area (Å²) in [4.78, 5) is 23.9. The minimum atomic E-state index is -0.972. The van der Waals surface area contributed by atoms with Crippen LogP contribution >= 0.6 is 0 Å². The fraction of sp³-hybridized carbons (Fsp3) is 0.333. The van der Waals surface area contributed by atoms with Crippen LogP contribution in [0.25, 0.3) is 0 Å². The van der Waals surface area contributed by atoms with Crippen molar-refractivity contribution in [3.8, 4) is 0 Å². The van der Waals surface area contributed by atoms with Crippen LogP contribution in [0.3, 0.4) is 0 Å². The van der Waals surface area contributed by atoms with E-state index in [-0.39, 0.29) is 24.7 Å². The van der Waals surface area contributed by atoms with Crippen LogP contribution in [0.1, 0.15) is 12.0 Å². The first-order chi connectivity index (χ1) is 7.99. The van der Waals surface area contributed by atoms with E-state index >= 15 is 0 Å². The van der Waals surface area contributed by atoms with Gasteiger partial charge in [-0.1, -0.05) is 0 Å². The maximum atomic E-state index is 12.9. The van der Waals surface area contributed by atoms with Gasteiger partial charge in [0, 0.05) is 18.7 Å². The molecule has 0 bridgehead atoms. The lowest BCUT2D eigenvalue weighted by molar-refractivity contribution is -0.141. The molecular formula is C12H12FNO3. The van der Waals surface area contributed by atoms with Crippen molar-refractivity contribution >= 4 is 17.6 Å². The number of rotatable bonds is 2. The van der Waals surface area contributed by atoms with Crippen molar-refractivity contribution < 1.29 is 19.1 Å². The maximum absolute atomic E-state index is 12.9. The SMILES string of the molecule is Cc1cc(F)ccc1N1C[C@@H](C(=O)O)CC1=O. The number of amides is 1. The molecule has 5 heteroatoms. The molecule has 0 unspecified atom stereocenters. The van der Waals surface area contributed by atoms with Crippen molar-refractivity contribution in [1.29, 1.82) is 0 Å². The summed E-state index contributed by atoms with van der Waals surface area (Å²) in [5.74, 6) is -2.24. The molecule has 4 nitrogen and oxygen atoms in total. The molecule has 1 N–H and O–H groups in total. The van der Waals surface area contributed by atoms with E-state index in [1.165, 1.54) is 23.1 Å². The van der Waals surface area contributed by atoms with Crippen LogP contribution in [0, 0.1) is 18.7 Å². The first-order valence-corrected chi connectivity index (χ1v) is 5.28. The highest BCUT2D eigenvalue weighted by Gasteiger charge is 2.35. The first-order valence-electron chi connectivity index (χ1n) is 5.28. The van der Waals surface area contributed by atoms with Gasteiger partial charge in [-0.15, -0.1) is 0 Å². The van der Waals surface area contributed by atoms with E-state index in [1.807, 2.05) is 0 Å². The average Bonchev–Trinajstić information content (AvgIpc) is 2.61. The lowest BCUT2D eigenvalue weighted by Gasteiger charge is -2.18. The number of hydrogen-bond acceptors (Lipinski definition) is 2. The number of carboxylic acids is 1. The van der Waals surface area contributed by atoms with Crippen LogP contribution in [0.2, 0.25) is 0 Å². The van der Waals surface area contributed by atoms with E-state index in [1.54, 1.807) is 6.92 Å². The Morgan fingerprint density at radius 1 is 1.53 bits per heavy atom. The Morgan fingerprint density at radius 3 is 2.76 bits per heavy atom. The Kier molecular flexibility index (Phi) is 2.83. The lowest BCUT2D eigenvalue weighted by Crippen LogP contribution is -2.26. The number of benzene rings is 1. The topological polar surface area (TPSA) is 57.6 Å². The van der Waals surface area contributed by atoms with Crippen LogP contribution in [0.15, 0.2) is 18.2 Å². The second-order valence-corrected chi connectivity index (χ2v) is 4.17. The molecule has 0 radical (unpaired) electrons. The number of carboxylic acid groups (broad SMARTS) is 1. The second-order valence-electron chi connectivity index (χ2n) is 4.17. The molecule has 0 saturated carbocycles. The summed E-state index contributed by atoms with van der Waals surface area (Å²) in [5.41, 5.74) is 1.21. The van der Waals surface area contributed by atoms with Gasteiger partial charge in [-0.05, 0) is 30.7 Å². The molecule has 1 aliphatic heterocycles. The normalized spacial score (nSPS) is 19.8. The third kappa shape index (κ3) is 2.13. The van der Waals surface area contributed by atoms with Gasteiger partial charge in [0.25, 0.3) is 0 Å². The Hall–Kier alpha value is -1.91. The summed E-state index contributed by atoms with van der Waals surface area (Å²) >= 11 is 0. The van der Waals surface area contributed by atoms with Crippen LogP contribution in [0.4, 0.5) is 10.1 Å². The van der Waals surface area contributed by atoms with Crippen LogP contribution in [-0.2, 0) is 9.59 Å². The van der Waals surface area contributed by atoms with Gasteiger partial charge in [-0.2, -0.15) is 0 Å². The summed E-state index contributed by atoms with van der Waals surface area (Å²) in [6, 6.07) is 4.10. The number of nitrogens with zero attached hydrogens (tertiary/aromatic N) is 1. The molecule has 2 rings (SSSR count). The number of aliphatic carboxylic acids is 1. The summed E-state index contributed by atoms with van der Waals surface area (Å²) < 4.78 is 12.9. The van der Waals surface area contributed by atoms with Crippen molar-refractivity contribution in [3.63, 3.8) is 0 Å². The van der Waals surface area contributed by atoms with E-state index < -0.39 is 11.9 Å². The number of hydrogen-bond donors (Lipinski definition) is 1. The predicted molar refractivity (Wildman–Crippen MR) is 59.2 cm³/mol. The van der Waals surface area contributed by atoms with Crippen LogP contribution < -0.4 is 4.90 Å². The first kappa shape index (κ1) is 11.6. The van der Waals surface area contributed by atoms with Crippen molar-refractivity contribution in [2.45, 2.75) is 13.3 Å². The Balaban J connectivity index is 2.29. The monoisotopic (exact) mass is 237 g/mol. The van der Waals surface area contributed by atoms with Crippen molar-refractivity contribution in [2.75, 3.05) is 11.4 Å². The standard InChI is InChI=1S/C12H12FNO3/c1-7-4-9(13)2-3-10(7)14-6-8(12(16)17)5-11(14)15/h2-4,8H,5-6H2,1H3,(H,16,17)/t8-/m0/s1. The predicted octanol–water partition coefficient (Wildman–Crippen LogP) is 1.57. The quantitative estimate of drug-likeness (QED) is 0.849. The van der Waals surface area contributed by atoms with Crippen molar-refractivity contribution in [1.82, 2.24) is 0 Å². The molecule has 1 heterocycles. The number of halogens is 1. The van der Waals surface area contributed by atoms with E-state index in [2.05, 4.69) is 0 Å². The molecule has 17 heavy (non-hydrogen) atoms. The molecule has 1 amide bonds. The van der Waals surface area contributed by atoms with Crippen molar-refractivity contribution in [2.24, 2.45) is 5.92 Å². The van der Waals surface area contributed by atoms with E-state index in [0.717, 1.165) is 0 Å². The van der Waals surface area contributed by atoms with Crippen LogP contribution in [0.5, 0.6) is 0 Å². The lowest BCUT2D eigenvalue weighted by atomic mass is 10.1. The molecule has 1 aromatic rings. The number of carbonyl (C=O) groups excluding carboxylic acids is 1. The maximum Gasteiger partial charge on any atom is 0.308 e. The molecule has 0 aliphatic carbocycles. The molecule has 1 aromatic carbocycles. The molecular weight excluding hydrogens is 225 g/mol. The minimum Gasteiger partial charge on any atom is -0.481 e. The summed E-state index contributed by atoms with van der Waals surface area (Å²) in [7, 11) is 0. The third-order valence-corrected chi connectivity index (χ3v) is 2.92. The van der Waals surface area contributed by atoms with Gasteiger partial charge in [-0.25, -0.2) is 4.39 Å². The summed E-state index contributed by atoms with van der Waals surface area (Å²) in [5, 5.41) is 8.87. The highest BCUT2D eigenvalue weighted by Crippen LogP contribution is 2.28. The fourth-order valence-electron chi connectivity index (χ4n) is 2.03. The summed E-state index contributed by atoms with van der Waals surface area (Å²) in [6.07, 6.45) is 0.00610. The Bertz CT molecular complexity index is 487. The van der Waals surface area contributed by atoms with Crippen molar-refractivity contribution in [3.05, 3.63) is 29.6 Å². The molecule has 1 fully saturated rings. The minimum absolute atomic E-state index is 0.00610. The molecule has 0 aromatic heterocycles. The van der Waals surface area contributed by atoms with Gasteiger partial charge in [-0.3, -0.25) is 9.59 Å². The number of anilines is 1. The zero-order valence-electron chi connectivity index (χ0n) is 9.31. The molecule has 0 spiro atoms. The Labute approximate surface area is 97.7 Å². The molecule has 1 saturated heterocycles. The average molecular weight is 237 g/mol. The van der Waals surface area contributed by atoms with Gasteiger partial charge in [0.15, 0.2) is 0 Å². The summed E-state index contributed by atoms with van der Waals surface area (Å²) in [6.45, 7) is 1.85. The zero-order chi connectivity index (χ0) is 12.6. The third-order valence-electron chi connectivity index (χ3n) is 2.92. The van der Waals surface area contributed by atoms with E-state index in [0.29, 0.717) is 11.3 Å². The zero-order valence-corrected chi connectivity index (χ0v) is 9.31. The van der Waals surface area contributed by atoms with Gasteiger partial charge < -0.3 is 10.0 Å². The molecule has 1 aliphatic rings. The fourth-order valence-corrected chi connectivity index (χ4v) is 2.03. The van der Waals surface area contributed by atoms with Gasteiger partial charge in [0.1, 0.15) is 5.82 Å².